The molecule has 2 aliphatic heterocycles. The number of hydrogen-bond donors (Lipinski definition) is 0. The number of ether oxygens (including phenoxy) is 1. The second kappa shape index (κ2) is 8.52. The van der Waals surface area contributed by atoms with Crippen LogP contribution in [0.1, 0.15) is 31.7 Å². The standard InChI is InChI=1S/C20H29F2N3O2/c1-3-25-10-9-20(8-7-18(25)26)15-24(12-11-23(20)2)14-16-5-4-6-17(13-16)27-19(21)22/h4-6,13,19H,3,7-12,14-15H2,1-2H3/t20-/m0/s1. The molecule has 0 unspecified atom stereocenters. The van der Waals surface area contributed by atoms with Crippen LogP contribution < -0.4 is 4.74 Å². The highest BCUT2D eigenvalue weighted by atomic mass is 19.3. The molecule has 1 amide bonds. The van der Waals surface area contributed by atoms with E-state index in [1.807, 2.05) is 17.9 Å². The molecule has 2 saturated heterocycles. The Labute approximate surface area is 159 Å². The van der Waals surface area contributed by atoms with E-state index in [1.165, 1.54) is 0 Å². The zero-order valence-electron chi connectivity index (χ0n) is 16.2. The summed E-state index contributed by atoms with van der Waals surface area (Å²) in [6, 6.07) is 6.94. The Morgan fingerprint density at radius 2 is 2.04 bits per heavy atom. The van der Waals surface area contributed by atoms with Gasteiger partial charge in [0.1, 0.15) is 5.75 Å². The number of rotatable bonds is 5. The van der Waals surface area contributed by atoms with Crippen molar-refractivity contribution in [1.82, 2.24) is 14.7 Å². The van der Waals surface area contributed by atoms with Gasteiger partial charge in [-0.25, -0.2) is 0 Å². The molecule has 1 aromatic carbocycles. The summed E-state index contributed by atoms with van der Waals surface area (Å²) in [5.74, 6) is 0.446. The van der Waals surface area contributed by atoms with Crippen LogP contribution in [0.15, 0.2) is 24.3 Å². The van der Waals surface area contributed by atoms with Crippen LogP contribution in [0.4, 0.5) is 8.78 Å². The predicted octanol–water partition coefficient (Wildman–Crippen LogP) is 2.81. The van der Waals surface area contributed by atoms with E-state index in [2.05, 4.69) is 21.6 Å². The van der Waals surface area contributed by atoms with Crippen LogP contribution >= 0.6 is 0 Å². The molecular weight excluding hydrogens is 352 g/mol. The molecule has 3 rings (SSSR count). The number of hydrogen-bond acceptors (Lipinski definition) is 4. The Morgan fingerprint density at radius 1 is 1.22 bits per heavy atom. The van der Waals surface area contributed by atoms with E-state index >= 15 is 0 Å². The third kappa shape index (κ3) is 4.76. The Kier molecular flexibility index (Phi) is 6.32. The third-order valence-electron chi connectivity index (χ3n) is 5.99. The number of alkyl halides is 2. The highest BCUT2D eigenvalue weighted by Crippen LogP contribution is 2.32. The van der Waals surface area contributed by atoms with Crippen molar-refractivity contribution in [2.45, 2.75) is 44.9 Å². The van der Waals surface area contributed by atoms with Crippen molar-refractivity contribution in [2.24, 2.45) is 0 Å². The van der Waals surface area contributed by atoms with E-state index in [0.717, 1.165) is 51.1 Å². The molecule has 7 heteroatoms. The van der Waals surface area contributed by atoms with Gasteiger partial charge in [-0.15, -0.1) is 0 Å². The first kappa shape index (κ1) is 20.0. The number of carbonyl (C=O) groups is 1. The number of benzene rings is 1. The molecule has 2 aliphatic rings. The van der Waals surface area contributed by atoms with Crippen molar-refractivity contribution in [2.75, 3.05) is 39.8 Å². The molecule has 2 heterocycles. The van der Waals surface area contributed by atoms with Crippen molar-refractivity contribution >= 4 is 5.91 Å². The second-order valence-electron chi connectivity index (χ2n) is 7.61. The second-order valence-corrected chi connectivity index (χ2v) is 7.61. The fraction of sp³-hybridized carbons (Fsp3) is 0.650. The van der Waals surface area contributed by atoms with Gasteiger partial charge in [0.25, 0.3) is 0 Å². The zero-order chi connectivity index (χ0) is 19.4. The van der Waals surface area contributed by atoms with Gasteiger partial charge >= 0.3 is 6.61 Å². The molecule has 1 spiro atoms. The van der Waals surface area contributed by atoms with Gasteiger partial charge in [-0.1, -0.05) is 12.1 Å². The summed E-state index contributed by atoms with van der Waals surface area (Å²) < 4.78 is 29.4. The summed E-state index contributed by atoms with van der Waals surface area (Å²) in [6.45, 7) is 4.22. The lowest BCUT2D eigenvalue weighted by Crippen LogP contribution is -2.60. The average Bonchev–Trinajstić information content (AvgIpc) is 2.78. The molecule has 0 radical (unpaired) electrons. The van der Waals surface area contributed by atoms with Crippen LogP contribution in [0.2, 0.25) is 0 Å². The predicted molar refractivity (Wildman–Crippen MR) is 99.8 cm³/mol. The molecular formula is C20H29F2N3O2. The third-order valence-corrected chi connectivity index (χ3v) is 5.99. The molecule has 0 saturated carbocycles. The smallest absolute Gasteiger partial charge is 0.387 e. The van der Waals surface area contributed by atoms with Gasteiger partial charge in [0, 0.05) is 51.2 Å². The van der Waals surface area contributed by atoms with E-state index in [9.17, 15) is 13.6 Å². The maximum absolute atomic E-state index is 12.5. The highest BCUT2D eigenvalue weighted by Gasteiger charge is 2.41. The number of halogens is 2. The Hall–Kier alpha value is -1.73. The minimum Gasteiger partial charge on any atom is -0.435 e. The first-order valence-electron chi connectivity index (χ1n) is 9.67. The molecule has 0 aliphatic carbocycles. The molecule has 0 aromatic heterocycles. The summed E-state index contributed by atoms with van der Waals surface area (Å²) in [7, 11) is 2.15. The number of likely N-dealkylation sites (tertiary alicyclic amines) is 1. The van der Waals surface area contributed by atoms with Crippen molar-refractivity contribution in [1.29, 1.82) is 0 Å². The Bertz CT molecular complexity index is 658. The van der Waals surface area contributed by atoms with Crippen LogP contribution in [-0.4, -0.2) is 72.5 Å². The van der Waals surface area contributed by atoms with E-state index in [-0.39, 0.29) is 17.2 Å². The van der Waals surface area contributed by atoms with Gasteiger partial charge in [-0.3, -0.25) is 14.6 Å². The molecule has 150 valence electrons. The van der Waals surface area contributed by atoms with Crippen LogP contribution in [-0.2, 0) is 11.3 Å². The maximum Gasteiger partial charge on any atom is 0.387 e. The van der Waals surface area contributed by atoms with E-state index < -0.39 is 6.61 Å². The topological polar surface area (TPSA) is 36.0 Å². The van der Waals surface area contributed by atoms with Crippen molar-refractivity contribution < 1.29 is 18.3 Å². The van der Waals surface area contributed by atoms with Crippen LogP contribution in [0.5, 0.6) is 5.75 Å². The first-order valence-corrected chi connectivity index (χ1v) is 9.67. The van der Waals surface area contributed by atoms with Crippen LogP contribution in [0.3, 0.4) is 0 Å². The summed E-state index contributed by atoms with van der Waals surface area (Å²) in [5, 5.41) is 0. The summed E-state index contributed by atoms with van der Waals surface area (Å²) in [4.78, 5) is 19.0. The minimum atomic E-state index is -2.81. The number of amides is 1. The van der Waals surface area contributed by atoms with E-state index in [0.29, 0.717) is 13.0 Å². The normalized spacial score (nSPS) is 25.2. The quantitative estimate of drug-likeness (QED) is 0.786. The molecule has 1 aromatic rings. The molecule has 0 N–H and O–H groups in total. The fourth-order valence-corrected chi connectivity index (χ4v) is 4.32. The van der Waals surface area contributed by atoms with Crippen molar-refractivity contribution in [3.05, 3.63) is 29.8 Å². The molecule has 5 nitrogen and oxygen atoms in total. The minimum absolute atomic E-state index is 0.00505. The number of likely N-dealkylation sites (N-methyl/N-ethyl adjacent to an activating group) is 1. The van der Waals surface area contributed by atoms with Gasteiger partial charge in [0.05, 0.1) is 0 Å². The van der Waals surface area contributed by atoms with Gasteiger partial charge in [0.2, 0.25) is 5.91 Å². The van der Waals surface area contributed by atoms with Gasteiger partial charge in [-0.05, 0) is 44.5 Å². The summed E-state index contributed by atoms with van der Waals surface area (Å²) >= 11 is 0. The largest absolute Gasteiger partial charge is 0.435 e. The Morgan fingerprint density at radius 3 is 2.78 bits per heavy atom. The van der Waals surface area contributed by atoms with E-state index in [4.69, 9.17) is 0 Å². The SMILES string of the molecule is CCN1CC[C@@]2(CCC1=O)CN(Cc1cccc(OC(F)F)c1)CCN2C. The summed E-state index contributed by atoms with van der Waals surface area (Å²) in [6.07, 6.45) is 2.42. The number of nitrogens with zero attached hydrogens (tertiary/aromatic N) is 3. The van der Waals surface area contributed by atoms with Crippen molar-refractivity contribution in [3.8, 4) is 5.75 Å². The zero-order valence-corrected chi connectivity index (χ0v) is 16.2. The molecule has 0 bridgehead atoms. The lowest BCUT2D eigenvalue weighted by atomic mass is 9.86. The number of piperazine rings is 1. The highest BCUT2D eigenvalue weighted by molar-refractivity contribution is 5.76. The average molecular weight is 381 g/mol. The summed E-state index contributed by atoms with van der Waals surface area (Å²) in [5.41, 5.74) is 0.960. The van der Waals surface area contributed by atoms with Gasteiger partial charge in [0.15, 0.2) is 0 Å². The monoisotopic (exact) mass is 381 g/mol. The molecule has 2 fully saturated rings. The van der Waals surface area contributed by atoms with E-state index in [1.54, 1.807) is 18.2 Å². The molecule has 1 atom stereocenters. The fourth-order valence-electron chi connectivity index (χ4n) is 4.32. The first-order chi connectivity index (χ1) is 12.9. The van der Waals surface area contributed by atoms with Gasteiger partial charge < -0.3 is 9.64 Å². The van der Waals surface area contributed by atoms with Crippen LogP contribution in [0, 0.1) is 0 Å². The lowest BCUT2D eigenvalue weighted by Gasteiger charge is -2.49. The number of carbonyl (C=O) groups excluding carboxylic acids is 1. The van der Waals surface area contributed by atoms with Gasteiger partial charge in [-0.2, -0.15) is 8.78 Å². The lowest BCUT2D eigenvalue weighted by molar-refractivity contribution is -0.130. The maximum atomic E-state index is 12.5. The Balaban J connectivity index is 1.69. The van der Waals surface area contributed by atoms with Crippen LogP contribution in [0.25, 0.3) is 0 Å². The van der Waals surface area contributed by atoms with Crippen molar-refractivity contribution in [3.63, 3.8) is 0 Å². The molecule has 27 heavy (non-hydrogen) atoms.